The molecule has 1 aliphatic rings. The number of amides is 1. The van der Waals surface area contributed by atoms with Gasteiger partial charge in [-0.25, -0.2) is 22.0 Å². The second kappa shape index (κ2) is 10.8. The standard InChI is InChI=1S/C7H13NO2.C2H4F2O3S.Na/c9-7(10)8-6-4-2-1-3-5-6;3-2(4)1-8(5,6)7;/h6,8H,1-5H2,(H,9,10);2H,1H2,(H,5,6,7);/p-1. The minimum absolute atomic E-state index is 0. The van der Waals surface area contributed by atoms with Crippen LogP contribution in [0.2, 0.25) is 0 Å². The summed E-state index contributed by atoms with van der Waals surface area (Å²) in [6.07, 6.45) is 1.70. The van der Waals surface area contributed by atoms with Crippen LogP contribution < -0.4 is 5.32 Å². The largest absolute Gasteiger partial charge is 0.748 e. The molecular weight excluding hydrogens is 295 g/mol. The molecule has 0 unspecified atom stereocenters. The van der Waals surface area contributed by atoms with Gasteiger partial charge in [0.2, 0.25) is 0 Å². The van der Waals surface area contributed by atoms with Crippen molar-refractivity contribution >= 4 is 45.8 Å². The molecule has 0 bridgehead atoms. The van der Waals surface area contributed by atoms with Gasteiger partial charge in [-0.15, -0.1) is 0 Å². The van der Waals surface area contributed by atoms with E-state index in [2.05, 4.69) is 5.32 Å². The third-order valence-electron chi connectivity index (χ3n) is 2.26. The topological polar surface area (TPSA) is 107 Å². The van der Waals surface area contributed by atoms with Crippen LogP contribution >= 0.6 is 0 Å². The van der Waals surface area contributed by atoms with E-state index in [0.29, 0.717) is 0 Å². The molecule has 0 saturated heterocycles. The van der Waals surface area contributed by atoms with Crippen molar-refractivity contribution in [1.29, 1.82) is 0 Å². The second-order valence-corrected chi connectivity index (χ2v) is 5.35. The monoisotopic (exact) mass is 311 g/mol. The van der Waals surface area contributed by atoms with Crippen molar-refractivity contribution in [2.24, 2.45) is 0 Å². The van der Waals surface area contributed by atoms with E-state index < -0.39 is 28.4 Å². The molecule has 1 radical (unpaired) electrons. The van der Waals surface area contributed by atoms with Gasteiger partial charge in [-0.05, 0) is 12.8 Å². The van der Waals surface area contributed by atoms with Crippen LogP contribution in [0.1, 0.15) is 32.1 Å². The molecule has 1 rings (SSSR count). The zero-order valence-corrected chi connectivity index (χ0v) is 13.5. The first-order valence-corrected chi connectivity index (χ1v) is 6.99. The van der Waals surface area contributed by atoms with Crippen LogP contribution in [-0.2, 0) is 10.1 Å². The van der Waals surface area contributed by atoms with Gasteiger partial charge in [0.15, 0.2) is 0 Å². The molecule has 0 aromatic carbocycles. The minimum atomic E-state index is -4.72. The maximum absolute atomic E-state index is 11.0. The van der Waals surface area contributed by atoms with Gasteiger partial charge in [-0.3, -0.25) is 0 Å². The third-order valence-corrected chi connectivity index (χ3v) is 2.92. The number of carboxylic acid groups (broad SMARTS) is 1. The van der Waals surface area contributed by atoms with Crippen molar-refractivity contribution in [3.63, 3.8) is 0 Å². The van der Waals surface area contributed by atoms with Crippen LogP contribution in [0.5, 0.6) is 0 Å². The average molecular weight is 311 g/mol. The molecule has 10 heteroatoms. The van der Waals surface area contributed by atoms with E-state index in [1.807, 2.05) is 0 Å². The quantitative estimate of drug-likeness (QED) is 0.597. The molecule has 0 atom stereocenters. The van der Waals surface area contributed by atoms with Gasteiger partial charge < -0.3 is 15.0 Å². The normalized spacial score (nSPS) is 16.0. The molecule has 1 fully saturated rings. The van der Waals surface area contributed by atoms with Gasteiger partial charge in [0.1, 0.15) is 10.1 Å². The Morgan fingerprint density at radius 1 is 1.32 bits per heavy atom. The van der Waals surface area contributed by atoms with E-state index in [1.54, 1.807) is 0 Å². The summed E-state index contributed by atoms with van der Waals surface area (Å²) in [6.45, 7) is 0. The summed E-state index contributed by atoms with van der Waals surface area (Å²) in [5.74, 6) is -1.59. The molecule has 0 heterocycles. The van der Waals surface area contributed by atoms with Gasteiger partial charge in [0, 0.05) is 35.6 Å². The fourth-order valence-electron chi connectivity index (χ4n) is 1.58. The molecule has 1 aliphatic carbocycles. The molecular formula is C9H16F2NNaO5S-. The summed E-state index contributed by atoms with van der Waals surface area (Å²) < 4.78 is 50.1. The molecule has 19 heavy (non-hydrogen) atoms. The summed E-state index contributed by atoms with van der Waals surface area (Å²) in [5, 5.41) is 10.9. The number of halogens is 2. The van der Waals surface area contributed by atoms with Crippen molar-refractivity contribution in [3.8, 4) is 0 Å². The number of nitrogens with one attached hydrogen (secondary N) is 1. The summed E-state index contributed by atoms with van der Waals surface area (Å²) in [6, 6.07) is 0.228. The molecule has 0 aliphatic heterocycles. The van der Waals surface area contributed by atoms with Crippen LogP contribution in [0.3, 0.4) is 0 Å². The van der Waals surface area contributed by atoms with Crippen LogP contribution in [0, 0.1) is 0 Å². The van der Waals surface area contributed by atoms with E-state index in [1.165, 1.54) is 19.3 Å². The van der Waals surface area contributed by atoms with E-state index in [4.69, 9.17) is 5.11 Å². The molecule has 1 saturated carbocycles. The smallest absolute Gasteiger partial charge is 0.404 e. The van der Waals surface area contributed by atoms with Crippen molar-refractivity contribution in [2.75, 3.05) is 5.75 Å². The van der Waals surface area contributed by atoms with Gasteiger partial charge in [0.05, 0.1) is 5.75 Å². The Labute approximate surface area is 133 Å². The predicted molar refractivity (Wildman–Crippen MR) is 64.4 cm³/mol. The Morgan fingerprint density at radius 2 is 1.79 bits per heavy atom. The Balaban J connectivity index is 0. The van der Waals surface area contributed by atoms with E-state index in [-0.39, 0.29) is 35.6 Å². The van der Waals surface area contributed by atoms with Crippen molar-refractivity contribution < 1.29 is 31.7 Å². The summed E-state index contributed by atoms with van der Waals surface area (Å²) in [7, 11) is -4.72. The zero-order chi connectivity index (χ0) is 14.2. The number of carbonyl (C=O) groups is 1. The summed E-state index contributed by atoms with van der Waals surface area (Å²) in [4.78, 5) is 10.2. The summed E-state index contributed by atoms with van der Waals surface area (Å²) in [5.41, 5.74) is 0. The first-order valence-electron chi connectivity index (χ1n) is 5.42. The Morgan fingerprint density at radius 3 is 2.05 bits per heavy atom. The van der Waals surface area contributed by atoms with Crippen molar-refractivity contribution in [1.82, 2.24) is 5.32 Å². The number of hydrogen-bond acceptors (Lipinski definition) is 4. The first kappa shape index (κ1) is 21.3. The molecule has 6 nitrogen and oxygen atoms in total. The minimum Gasteiger partial charge on any atom is -0.748 e. The number of rotatable bonds is 3. The predicted octanol–water partition coefficient (Wildman–Crippen LogP) is 1.00. The molecule has 0 aromatic heterocycles. The number of alkyl halides is 2. The second-order valence-electron chi connectivity index (χ2n) is 3.90. The summed E-state index contributed by atoms with van der Waals surface area (Å²) >= 11 is 0. The van der Waals surface area contributed by atoms with Crippen molar-refractivity contribution in [2.45, 2.75) is 44.6 Å². The van der Waals surface area contributed by atoms with Gasteiger partial charge >= 0.3 is 6.09 Å². The van der Waals surface area contributed by atoms with Crippen LogP contribution in [0.4, 0.5) is 13.6 Å². The van der Waals surface area contributed by atoms with Gasteiger partial charge in [-0.2, -0.15) is 0 Å². The Kier molecular flexibility index (Phi) is 12.1. The maximum atomic E-state index is 11.0. The molecule has 109 valence electrons. The van der Waals surface area contributed by atoms with E-state index in [9.17, 15) is 26.5 Å². The fourth-order valence-corrected chi connectivity index (χ4v) is 1.88. The zero-order valence-electron chi connectivity index (χ0n) is 10.6. The van der Waals surface area contributed by atoms with Gasteiger partial charge in [-0.1, -0.05) is 19.3 Å². The SMILES string of the molecule is O=C(O)NC1CCCCC1.O=S(=O)([O-])CC(F)F.[Na]. The molecule has 0 aromatic rings. The Bertz CT molecular complexity index is 347. The van der Waals surface area contributed by atoms with Crippen LogP contribution in [0.25, 0.3) is 0 Å². The molecule has 1 amide bonds. The van der Waals surface area contributed by atoms with Crippen molar-refractivity contribution in [3.05, 3.63) is 0 Å². The molecule has 0 spiro atoms. The van der Waals surface area contributed by atoms with Crippen LogP contribution in [-0.4, -0.2) is 71.9 Å². The Hall–Kier alpha value is 0.0400. The first-order chi connectivity index (χ1) is 8.20. The fraction of sp³-hybridized carbons (Fsp3) is 0.889. The van der Waals surface area contributed by atoms with E-state index in [0.717, 1.165) is 12.8 Å². The average Bonchev–Trinajstić information content (AvgIpc) is 2.14. The van der Waals surface area contributed by atoms with E-state index >= 15 is 0 Å². The third kappa shape index (κ3) is 16.0. The van der Waals surface area contributed by atoms with Gasteiger partial charge in [0.25, 0.3) is 6.43 Å². The molecule has 2 N–H and O–H groups in total. The number of hydrogen-bond donors (Lipinski definition) is 2. The van der Waals surface area contributed by atoms with Crippen LogP contribution in [0.15, 0.2) is 0 Å². The maximum Gasteiger partial charge on any atom is 0.404 e.